The highest BCUT2D eigenvalue weighted by atomic mass is 127. The molecule has 88 valence electrons. The Kier molecular flexibility index (Phi) is 3.97. The number of hydrogen-bond donors (Lipinski definition) is 2. The fraction of sp³-hybridized carbons (Fsp3) is 0.0909. The van der Waals surface area contributed by atoms with Crippen LogP contribution < -0.4 is 10.1 Å². The van der Waals surface area contributed by atoms with Crippen molar-refractivity contribution in [2.45, 2.75) is 0 Å². The third-order valence-corrected chi connectivity index (χ3v) is 2.62. The first kappa shape index (κ1) is 11.9. The Morgan fingerprint density at radius 1 is 1.53 bits per heavy atom. The molecule has 0 aliphatic carbocycles. The first-order valence-corrected chi connectivity index (χ1v) is 5.99. The lowest BCUT2D eigenvalue weighted by atomic mass is 10.3. The van der Waals surface area contributed by atoms with Crippen molar-refractivity contribution in [1.29, 1.82) is 0 Å². The second-order valence-corrected chi connectivity index (χ2v) is 4.53. The average molecular weight is 343 g/mol. The van der Waals surface area contributed by atoms with Gasteiger partial charge in [0, 0.05) is 9.77 Å². The first-order chi connectivity index (χ1) is 8.24. The number of anilines is 1. The van der Waals surface area contributed by atoms with Gasteiger partial charge in [0.15, 0.2) is 6.61 Å². The maximum atomic E-state index is 11.5. The Morgan fingerprint density at radius 2 is 2.41 bits per heavy atom. The summed E-state index contributed by atoms with van der Waals surface area (Å²) in [5.41, 5.74) is 0.626. The first-order valence-electron chi connectivity index (χ1n) is 4.91. The highest BCUT2D eigenvalue weighted by Crippen LogP contribution is 2.14. The molecule has 6 heteroatoms. The molecule has 1 aromatic heterocycles. The molecule has 0 saturated heterocycles. The molecule has 0 saturated carbocycles. The van der Waals surface area contributed by atoms with Gasteiger partial charge in [0.05, 0.1) is 11.9 Å². The zero-order valence-electron chi connectivity index (χ0n) is 8.81. The number of amides is 1. The molecule has 1 amide bonds. The fourth-order valence-corrected chi connectivity index (χ4v) is 1.74. The summed E-state index contributed by atoms with van der Waals surface area (Å²) in [6, 6.07) is 7.52. The van der Waals surface area contributed by atoms with Crippen LogP contribution in [0.1, 0.15) is 0 Å². The average Bonchev–Trinajstić information content (AvgIpc) is 2.79. The molecule has 0 unspecified atom stereocenters. The summed E-state index contributed by atoms with van der Waals surface area (Å²) < 4.78 is 6.42. The third kappa shape index (κ3) is 3.74. The van der Waals surface area contributed by atoms with E-state index in [-0.39, 0.29) is 12.5 Å². The van der Waals surface area contributed by atoms with Crippen LogP contribution >= 0.6 is 22.6 Å². The normalized spacial score (nSPS) is 9.94. The lowest BCUT2D eigenvalue weighted by Gasteiger charge is -2.06. The van der Waals surface area contributed by atoms with Crippen LogP contribution in [0.15, 0.2) is 36.7 Å². The largest absolute Gasteiger partial charge is 0.484 e. The van der Waals surface area contributed by atoms with Gasteiger partial charge in [-0.1, -0.05) is 6.07 Å². The van der Waals surface area contributed by atoms with E-state index in [0.717, 1.165) is 3.57 Å². The van der Waals surface area contributed by atoms with Gasteiger partial charge in [0.2, 0.25) is 0 Å². The van der Waals surface area contributed by atoms with E-state index in [1.165, 1.54) is 6.20 Å². The molecule has 1 aromatic carbocycles. The minimum atomic E-state index is -0.217. The van der Waals surface area contributed by atoms with Crippen molar-refractivity contribution in [3.05, 3.63) is 40.2 Å². The monoisotopic (exact) mass is 343 g/mol. The molecule has 0 spiro atoms. The number of nitrogens with one attached hydrogen (secondary N) is 2. The van der Waals surface area contributed by atoms with Crippen molar-refractivity contribution in [1.82, 2.24) is 10.2 Å². The number of aromatic nitrogens is 2. The number of aromatic amines is 1. The lowest BCUT2D eigenvalue weighted by molar-refractivity contribution is -0.118. The number of hydrogen-bond acceptors (Lipinski definition) is 3. The minimum Gasteiger partial charge on any atom is -0.484 e. The molecule has 0 atom stereocenters. The number of carbonyl (C=O) groups is 1. The van der Waals surface area contributed by atoms with Crippen LogP contribution in [-0.4, -0.2) is 22.7 Å². The van der Waals surface area contributed by atoms with Crippen LogP contribution in [0.4, 0.5) is 5.69 Å². The molecule has 5 nitrogen and oxygen atoms in total. The van der Waals surface area contributed by atoms with E-state index in [2.05, 4.69) is 38.1 Å². The van der Waals surface area contributed by atoms with Crippen LogP contribution in [0.2, 0.25) is 0 Å². The van der Waals surface area contributed by atoms with Crippen molar-refractivity contribution >= 4 is 34.2 Å². The van der Waals surface area contributed by atoms with Gasteiger partial charge in [0.1, 0.15) is 5.75 Å². The molecule has 17 heavy (non-hydrogen) atoms. The van der Waals surface area contributed by atoms with Gasteiger partial charge in [-0.2, -0.15) is 5.10 Å². The highest BCUT2D eigenvalue weighted by Gasteiger charge is 2.04. The molecule has 2 rings (SSSR count). The van der Waals surface area contributed by atoms with Crippen LogP contribution in [0.25, 0.3) is 0 Å². The summed E-state index contributed by atoms with van der Waals surface area (Å²) in [6.45, 7) is -0.0225. The molecular formula is C11H10IN3O2. The maximum Gasteiger partial charge on any atom is 0.262 e. The Hall–Kier alpha value is -1.57. The van der Waals surface area contributed by atoms with Gasteiger partial charge in [-0.15, -0.1) is 0 Å². The summed E-state index contributed by atoms with van der Waals surface area (Å²) in [5, 5.41) is 8.98. The van der Waals surface area contributed by atoms with Crippen molar-refractivity contribution in [3.8, 4) is 5.75 Å². The predicted octanol–water partition coefficient (Wildman–Crippen LogP) is 2.03. The van der Waals surface area contributed by atoms with Crippen LogP contribution in [0, 0.1) is 3.57 Å². The standard InChI is InChI=1S/C11H10IN3O2/c12-8-2-1-3-10(4-8)17-7-11(16)15-9-5-13-14-6-9/h1-6H,7H2,(H,13,14)(H,15,16). The number of H-pyrrole nitrogens is 1. The number of carbonyl (C=O) groups excluding carboxylic acids is 1. The summed E-state index contributed by atoms with van der Waals surface area (Å²) in [5.74, 6) is 0.463. The van der Waals surface area contributed by atoms with E-state index in [1.54, 1.807) is 6.20 Å². The molecule has 0 aliphatic rings. The quantitative estimate of drug-likeness (QED) is 0.835. The van der Waals surface area contributed by atoms with E-state index in [4.69, 9.17) is 4.74 Å². The van der Waals surface area contributed by atoms with E-state index in [0.29, 0.717) is 11.4 Å². The van der Waals surface area contributed by atoms with Crippen molar-refractivity contribution in [3.63, 3.8) is 0 Å². The number of ether oxygens (including phenoxy) is 1. The fourth-order valence-electron chi connectivity index (χ4n) is 1.22. The zero-order chi connectivity index (χ0) is 12.1. The molecule has 0 bridgehead atoms. The van der Waals surface area contributed by atoms with Gasteiger partial charge in [-0.3, -0.25) is 9.89 Å². The number of halogens is 1. The van der Waals surface area contributed by atoms with E-state index in [9.17, 15) is 4.79 Å². The van der Waals surface area contributed by atoms with Gasteiger partial charge >= 0.3 is 0 Å². The van der Waals surface area contributed by atoms with Crippen LogP contribution in [0.3, 0.4) is 0 Å². The Morgan fingerprint density at radius 3 is 3.12 bits per heavy atom. The van der Waals surface area contributed by atoms with Crippen molar-refractivity contribution in [2.75, 3.05) is 11.9 Å². The predicted molar refractivity (Wildman–Crippen MR) is 71.9 cm³/mol. The van der Waals surface area contributed by atoms with Crippen LogP contribution in [0.5, 0.6) is 5.75 Å². The molecule has 0 radical (unpaired) electrons. The second-order valence-electron chi connectivity index (χ2n) is 3.28. The number of nitrogens with zero attached hydrogens (tertiary/aromatic N) is 1. The molecule has 2 N–H and O–H groups in total. The van der Waals surface area contributed by atoms with Crippen molar-refractivity contribution < 1.29 is 9.53 Å². The molecule has 1 heterocycles. The maximum absolute atomic E-state index is 11.5. The smallest absolute Gasteiger partial charge is 0.262 e. The third-order valence-electron chi connectivity index (χ3n) is 1.95. The Balaban J connectivity index is 1.84. The minimum absolute atomic E-state index is 0.0225. The summed E-state index contributed by atoms with van der Waals surface area (Å²) >= 11 is 2.19. The highest BCUT2D eigenvalue weighted by molar-refractivity contribution is 14.1. The molecular weight excluding hydrogens is 333 g/mol. The Bertz CT molecular complexity index is 499. The van der Waals surface area contributed by atoms with Gasteiger partial charge in [-0.05, 0) is 40.8 Å². The molecule has 0 aliphatic heterocycles. The summed E-state index contributed by atoms with van der Waals surface area (Å²) in [7, 11) is 0. The van der Waals surface area contributed by atoms with Gasteiger partial charge in [0.25, 0.3) is 5.91 Å². The van der Waals surface area contributed by atoms with E-state index in [1.807, 2.05) is 24.3 Å². The lowest BCUT2D eigenvalue weighted by Crippen LogP contribution is -2.19. The number of benzene rings is 1. The summed E-state index contributed by atoms with van der Waals surface area (Å²) in [6.07, 6.45) is 3.13. The van der Waals surface area contributed by atoms with Gasteiger partial charge < -0.3 is 10.1 Å². The summed E-state index contributed by atoms with van der Waals surface area (Å²) in [4.78, 5) is 11.5. The second kappa shape index (κ2) is 5.67. The van der Waals surface area contributed by atoms with Crippen LogP contribution in [-0.2, 0) is 4.79 Å². The topological polar surface area (TPSA) is 67.0 Å². The van der Waals surface area contributed by atoms with E-state index < -0.39 is 0 Å². The zero-order valence-corrected chi connectivity index (χ0v) is 11.0. The SMILES string of the molecule is O=C(COc1cccc(I)c1)Nc1cn[nH]c1. The number of rotatable bonds is 4. The Labute approximate surface area is 112 Å². The molecule has 0 fully saturated rings. The van der Waals surface area contributed by atoms with Crippen molar-refractivity contribution in [2.24, 2.45) is 0 Å². The van der Waals surface area contributed by atoms with E-state index >= 15 is 0 Å². The van der Waals surface area contributed by atoms with Gasteiger partial charge in [-0.25, -0.2) is 0 Å². The molecule has 2 aromatic rings.